The van der Waals surface area contributed by atoms with E-state index in [4.69, 9.17) is 10.3 Å². The molecule has 5 heteroatoms. The van der Waals surface area contributed by atoms with Gasteiger partial charge in [0.2, 0.25) is 0 Å². The zero-order valence-corrected chi connectivity index (χ0v) is 6.01. The van der Waals surface area contributed by atoms with E-state index < -0.39 is 0 Å². The average molecular weight is 166 g/mol. The lowest BCUT2D eigenvalue weighted by molar-refractivity contribution is 0.321. The summed E-state index contributed by atoms with van der Waals surface area (Å²) >= 11 is 0. The molecule has 0 unspecified atom stereocenters. The fraction of sp³-hybridized carbons (Fsp3) is 0. The molecule has 12 heavy (non-hydrogen) atoms. The van der Waals surface area contributed by atoms with Crippen molar-refractivity contribution in [1.29, 1.82) is 0 Å². The fourth-order valence-corrected chi connectivity index (χ4v) is 0.764. The predicted molar refractivity (Wildman–Crippen MR) is 42.9 cm³/mol. The summed E-state index contributed by atoms with van der Waals surface area (Å²) in [7, 11) is 0. The Morgan fingerprint density at radius 1 is 1.42 bits per heavy atom. The first-order valence-electron chi connectivity index (χ1n) is 3.11. The maximum atomic E-state index is 10.0. The first kappa shape index (κ1) is 8.19. The van der Waals surface area contributed by atoms with Crippen molar-refractivity contribution in [3.05, 3.63) is 28.7 Å². The number of oxime groups is 1. The summed E-state index contributed by atoms with van der Waals surface area (Å²) in [5.74, 6) is -0.0693. The molecule has 1 aromatic rings. The standard InChI is InChI=1S/C7H6N2O3/c10-7-2-1-6(9-12)3-5(7)4-8-11/h1-4,10-11H. The van der Waals surface area contributed by atoms with Gasteiger partial charge in [0.25, 0.3) is 0 Å². The first-order valence-corrected chi connectivity index (χ1v) is 3.11. The molecule has 0 aliphatic heterocycles. The van der Waals surface area contributed by atoms with Crippen LogP contribution in [0.5, 0.6) is 5.75 Å². The molecule has 2 N–H and O–H groups in total. The predicted octanol–water partition coefficient (Wildman–Crippen LogP) is 1.60. The van der Waals surface area contributed by atoms with Gasteiger partial charge in [-0.2, -0.15) is 0 Å². The largest absolute Gasteiger partial charge is 0.507 e. The van der Waals surface area contributed by atoms with E-state index in [1.165, 1.54) is 18.2 Å². The number of phenols is 1. The second-order valence-corrected chi connectivity index (χ2v) is 2.08. The molecule has 0 aromatic heterocycles. The molecular formula is C7H6N2O3. The zero-order chi connectivity index (χ0) is 8.97. The molecule has 0 fully saturated rings. The van der Waals surface area contributed by atoms with Gasteiger partial charge in [-0.3, -0.25) is 0 Å². The van der Waals surface area contributed by atoms with Crippen LogP contribution in [0.4, 0.5) is 5.69 Å². The van der Waals surface area contributed by atoms with Crippen LogP contribution < -0.4 is 0 Å². The maximum absolute atomic E-state index is 10.0. The molecule has 1 aromatic carbocycles. The molecule has 5 nitrogen and oxygen atoms in total. The smallest absolute Gasteiger partial charge is 0.124 e. The molecule has 0 bridgehead atoms. The van der Waals surface area contributed by atoms with E-state index in [-0.39, 0.29) is 17.0 Å². The summed E-state index contributed by atoms with van der Waals surface area (Å²) in [6.45, 7) is 0. The minimum atomic E-state index is -0.0693. The van der Waals surface area contributed by atoms with Crippen molar-refractivity contribution in [3.63, 3.8) is 0 Å². The molecule has 0 radical (unpaired) electrons. The monoisotopic (exact) mass is 166 g/mol. The van der Waals surface area contributed by atoms with Crippen molar-refractivity contribution < 1.29 is 10.3 Å². The van der Waals surface area contributed by atoms with Gasteiger partial charge in [0.1, 0.15) is 11.4 Å². The van der Waals surface area contributed by atoms with Gasteiger partial charge in [-0.05, 0) is 23.4 Å². The highest BCUT2D eigenvalue weighted by Crippen LogP contribution is 2.21. The van der Waals surface area contributed by atoms with Crippen LogP contribution in [0.3, 0.4) is 0 Å². The lowest BCUT2D eigenvalue weighted by Crippen LogP contribution is -1.81. The van der Waals surface area contributed by atoms with E-state index >= 15 is 0 Å². The summed E-state index contributed by atoms with van der Waals surface area (Å²) in [4.78, 5) is 10.0. The van der Waals surface area contributed by atoms with Gasteiger partial charge in [0, 0.05) is 5.56 Å². The number of hydrogen-bond acceptors (Lipinski definition) is 5. The molecule has 0 aliphatic rings. The van der Waals surface area contributed by atoms with Crippen LogP contribution >= 0.6 is 0 Å². The van der Waals surface area contributed by atoms with E-state index in [0.29, 0.717) is 0 Å². The third kappa shape index (κ3) is 1.57. The van der Waals surface area contributed by atoms with E-state index in [2.05, 4.69) is 10.3 Å². The van der Waals surface area contributed by atoms with Crippen LogP contribution in [0.2, 0.25) is 0 Å². The van der Waals surface area contributed by atoms with Gasteiger partial charge < -0.3 is 10.3 Å². The molecule has 0 spiro atoms. The molecule has 0 heterocycles. The van der Waals surface area contributed by atoms with E-state index in [0.717, 1.165) is 6.21 Å². The molecular weight excluding hydrogens is 160 g/mol. The maximum Gasteiger partial charge on any atom is 0.124 e. The first-order chi connectivity index (χ1) is 5.77. The van der Waals surface area contributed by atoms with E-state index in [1.807, 2.05) is 0 Å². The molecule has 0 atom stereocenters. The number of nitroso groups, excluding NO2 is 1. The Balaban J connectivity index is 3.16. The quantitative estimate of drug-likeness (QED) is 0.303. The zero-order valence-electron chi connectivity index (χ0n) is 6.01. The summed E-state index contributed by atoms with van der Waals surface area (Å²) in [6.07, 6.45) is 1.02. The van der Waals surface area contributed by atoms with Gasteiger partial charge in [-0.15, -0.1) is 4.91 Å². The van der Waals surface area contributed by atoms with Crippen molar-refractivity contribution in [2.24, 2.45) is 10.3 Å². The summed E-state index contributed by atoms with van der Waals surface area (Å²) in [5, 5.41) is 22.6. The molecule has 0 aliphatic carbocycles. The minimum absolute atomic E-state index is 0.0693. The van der Waals surface area contributed by atoms with Crippen LogP contribution in [0.25, 0.3) is 0 Å². The SMILES string of the molecule is O=Nc1ccc(O)c(C=NO)c1. The highest BCUT2D eigenvalue weighted by atomic mass is 16.4. The Hall–Kier alpha value is -1.91. The number of hydrogen-bond donors (Lipinski definition) is 2. The van der Waals surface area contributed by atoms with Crippen molar-refractivity contribution >= 4 is 11.9 Å². The van der Waals surface area contributed by atoms with Gasteiger partial charge in [0.05, 0.1) is 6.21 Å². The topological polar surface area (TPSA) is 82.2 Å². The van der Waals surface area contributed by atoms with Crippen LogP contribution in [-0.4, -0.2) is 16.5 Å². The summed E-state index contributed by atoms with van der Waals surface area (Å²) in [6, 6.07) is 3.97. The molecule has 1 rings (SSSR count). The van der Waals surface area contributed by atoms with Crippen LogP contribution in [0.1, 0.15) is 5.56 Å². The highest BCUT2D eigenvalue weighted by molar-refractivity contribution is 5.84. The lowest BCUT2D eigenvalue weighted by Gasteiger charge is -1.96. The third-order valence-electron chi connectivity index (χ3n) is 1.31. The number of phenolic OH excluding ortho intramolecular Hbond substituents is 1. The van der Waals surface area contributed by atoms with Gasteiger partial charge >= 0.3 is 0 Å². The summed E-state index contributed by atoms with van der Waals surface area (Å²) in [5.41, 5.74) is 0.414. The van der Waals surface area contributed by atoms with Crippen molar-refractivity contribution in [2.75, 3.05) is 0 Å². The molecule has 0 saturated heterocycles. The van der Waals surface area contributed by atoms with Gasteiger partial charge in [0.15, 0.2) is 0 Å². The fourth-order valence-electron chi connectivity index (χ4n) is 0.764. The summed E-state index contributed by atoms with van der Waals surface area (Å²) < 4.78 is 0. The van der Waals surface area contributed by atoms with Gasteiger partial charge in [-0.25, -0.2) is 0 Å². The van der Waals surface area contributed by atoms with E-state index in [1.54, 1.807) is 0 Å². The number of benzene rings is 1. The Kier molecular flexibility index (Phi) is 2.37. The van der Waals surface area contributed by atoms with Crippen molar-refractivity contribution in [1.82, 2.24) is 0 Å². The second-order valence-electron chi connectivity index (χ2n) is 2.08. The average Bonchev–Trinajstić information content (AvgIpc) is 2.09. The van der Waals surface area contributed by atoms with Crippen molar-refractivity contribution in [2.45, 2.75) is 0 Å². The van der Waals surface area contributed by atoms with Crippen LogP contribution in [0.15, 0.2) is 28.5 Å². The van der Waals surface area contributed by atoms with Crippen LogP contribution in [-0.2, 0) is 0 Å². The number of nitrogens with zero attached hydrogens (tertiary/aromatic N) is 2. The Labute approximate surface area is 67.9 Å². The molecule has 0 saturated carbocycles. The number of aromatic hydroxyl groups is 1. The number of rotatable bonds is 2. The van der Waals surface area contributed by atoms with Gasteiger partial charge in [-0.1, -0.05) is 5.16 Å². The Bertz CT molecular complexity index is 322. The second kappa shape index (κ2) is 3.47. The normalized spacial score (nSPS) is 10.3. The third-order valence-corrected chi connectivity index (χ3v) is 1.31. The highest BCUT2D eigenvalue weighted by Gasteiger charge is 1.99. The Morgan fingerprint density at radius 2 is 2.17 bits per heavy atom. The molecule has 62 valence electrons. The van der Waals surface area contributed by atoms with E-state index in [9.17, 15) is 4.91 Å². The van der Waals surface area contributed by atoms with Crippen molar-refractivity contribution in [3.8, 4) is 5.75 Å². The van der Waals surface area contributed by atoms with Crippen LogP contribution in [0, 0.1) is 4.91 Å². The minimum Gasteiger partial charge on any atom is -0.507 e. The Morgan fingerprint density at radius 3 is 2.75 bits per heavy atom. The lowest BCUT2D eigenvalue weighted by atomic mass is 10.2. The molecule has 0 amide bonds.